The van der Waals surface area contributed by atoms with Crippen molar-refractivity contribution < 1.29 is 20.1 Å². The van der Waals surface area contributed by atoms with Gasteiger partial charge in [0, 0.05) is 18.4 Å². The maximum atomic E-state index is 9.53. The van der Waals surface area contributed by atoms with E-state index in [1.54, 1.807) is 24.3 Å². The highest BCUT2D eigenvalue weighted by molar-refractivity contribution is 5.41. The number of ether oxygens (including phenoxy) is 1. The molecule has 0 aromatic heterocycles. The van der Waals surface area contributed by atoms with Crippen molar-refractivity contribution in [1.82, 2.24) is 0 Å². The second-order valence-corrected chi connectivity index (χ2v) is 5.78. The zero-order valence-electron chi connectivity index (χ0n) is 12.9. The minimum Gasteiger partial charge on any atom is -0.508 e. The van der Waals surface area contributed by atoms with Gasteiger partial charge in [-0.3, -0.25) is 0 Å². The molecule has 0 heterocycles. The third-order valence-electron chi connectivity index (χ3n) is 3.81. The molecule has 118 valence electrons. The Morgan fingerprint density at radius 3 is 1.95 bits per heavy atom. The lowest BCUT2D eigenvalue weighted by atomic mass is 9.78. The molecule has 0 amide bonds. The molecular formula is C18H22O4. The van der Waals surface area contributed by atoms with Crippen molar-refractivity contribution in [1.29, 1.82) is 0 Å². The van der Waals surface area contributed by atoms with E-state index in [1.165, 1.54) is 0 Å². The van der Waals surface area contributed by atoms with E-state index >= 15 is 0 Å². The molecule has 0 fully saturated rings. The predicted molar refractivity (Wildman–Crippen MR) is 85.0 cm³/mol. The van der Waals surface area contributed by atoms with Crippen molar-refractivity contribution in [2.24, 2.45) is 0 Å². The third-order valence-corrected chi connectivity index (χ3v) is 3.81. The zero-order chi connectivity index (χ0) is 16.2. The number of aliphatic hydroxyl groups excluding tert-OH is 2. The van der Waals surface area contributed by atoms with Crippen LogP contribution >= 0.6 is 0 Å². The third kappa shape index (κ3) is 3.78. The standard InChI is InChI=1S/C18H22O4/c1-18(2,13-3-7-15(20)8-4-13)14-5-9-16(10-6-14)22-17(21)11-12-19/h3-10,17,19-21H,11-12H2,1-2H3. The molecule has 4 heteroatoms. The summed E-state index contributed by atoms with van der Waals surface area (Å²) in [4.78, 5) is 0. The molecule has 2 aromatic carbocycles. The summed E-state index contributed by atoms with van der Waals surface area (Å²) in [6.45, 7) is 4.10. The Labute approximate surface area is 130 Å². The zero-order valence-corrected chi connectivity index (χ0v) is 12.9. The van der Waals surface area contributed by atoms with Crippen LogP contribution in [0.3, 0.4) is 0 Å². The second-order valence-electron chi connectivity index (χ2n) is 5.78. The first-order valence-corrected chi connectivity index (χ1v) is 7.29. The molecule has 0 aliphatic rings. The number of hydrogen-bond donors (Lipinski definition) is 3. The van der Waals surface area contributed by atoms with E-state index in [2.05, 4.69) is 13.8 Å². The molecule has 0 radical (unpaired) electrons. The van der Waals surface area contributed by atoms with Crippen molar-refractivity contribution in [3.63, 3.8) is 0 Å². The van der Waals surface area contributed by atoms with Crippen molar-refractivity contribution >= 4 is 0 Å². The molecule has 0 saturated carbocycles. The van der Waals surface area contributed by atoms with Gasteiger partial charge in [0.1, 0.15) is 11.5 Å². The number of phenols is 1. The Hall–Kier alpha value is -2.04. The normalized spacial score (nSPS) is 12.9. The average Bonchev–Trinajstić information content (AvgIpc) is 2.48. The molecule has 0 aliphatic heterocycles. The van der Waals surface area contributed by atoms with Gasteiger partial charge in [0.15, 0.2) is 6.29 Å². The number of aromatic hydroxyl groups is 1. The highest BCUT2D eigenvalue weighted by Gasteiger charge is 2.23. The lowest BCUT2D eigenvalue weighted by Gasteiger charge is -2.26. The van der Waals surface area contributed by atoms with E-state index in [1.807, 2.05) is 24.3 Å². The quantitative estimate of drug-likeness (QED) is 0.718. The first-order valence-electron chi connectivity index (χ1n) is 7.29. The van der Waals surface area contributed by atoms with Crippen LogP contribution in [0.2, 0.25) is 0 Å². The van der Waals surface area contributed by atoms with Crippen LogP contribution in [0.4, 0.5) is 0 Å². The van der Waals surface area contributed by atoms with Crippen molar-refractivity contribution in [2.45, 2.75) is 32.0 Å². The summed E-state index contributed by atoms with van der Waals surface area (Å²) in [5, 5.41) is 27.7. The molecule has 0 bridgehead atoms. The van der Waals surface area contributed by atoms with Gasteiger partial charge < -0.3 is 20.1 Å². The molecule has 2 aromatic rings. The summed E-state index contributed by atoms with van der Waals surface area (Å²) >= 11 is 0. The first-order chi connectivity index (χ1) is 10.4. The van der Waals surface area contributed by atoms with Crippen LogP contribution in [0.25, 0.3) is 0 Å². The highest BCUT2D eigenvalue weighted by Crippen LogP contribution is 2.33. The van der Waals surface area contributed by atoms with Crippen molar-refractivity contribution in [3.8, 4) is 11.5 Å². The Bertz CT molecular complexity index is 587. The molecular weight excluding hydrogens is 280 g/mol. The van der Waals surface area contributed by atoms with E-state index in [-0.39, 0.29) is 24.2 Å². The van der Waals surface area contributed by atoms with Gasteiger partial charge in [-0.2, -0.15) is 0 Å². The topological polar surface area (TPSA) is 69.9 Å². The second kappa shape index (κ2) is 6.81. The predicted octanol–water partition coefficient (Wildman–Crippen LogP) is 2.80. The molecule has 4 nitrogen and oxygen atoms in total. The maximum absolute atomic E-state index is 9.53. The van der Waals surface area contributed by atoms with Crippen LogP contribution < -0.4 is 4.74 Å². The fourth-order valence-electron chi connectivity index (χ4n) is 2.32. The van der Waals surface area contributed by atoms with E-state index in [9.17, 15) is 10.2 Å². The van der Waals surface area contributed by atoms with Gasteiger partial charge in [0.05, 0.1) is 0 Å². The molecule has 0 aliphatic carbocycles. The van der Waals surface area contributed by atoms with Crippen LogP contribution in [-0.2, 0) is 5.41 Å². The summed E-state index contributed by atoms with van der Waals surface area (Å²) in [6.07, 6.45) is -0.818. The lowest BCUT2D eigenvalue weighted by molar-refractivity contribution is -0.0327. The summed E-state index contributed by atoms with van der Waals surface area (Å²) < 4.78 is 5.31. The monoisotopic (exact) mass is 302 g/mol. The van der Waals surface area contributed by atoms with Gasteiger partial charge in [-0.15, -0.1) is 0 Å². The maximum Gasteiger partial charge on any atom is 0.199 e. The summed E-state index contributed by atoms with van der Waals surface area (Å²) in [5.74, 6) is 0.812. The van der Waals surface area contributed by atoms with E-state index < -0.39 is 6.29 Å². The molecule has 1 atom stereocenters. The first kappa shape index (κ1) is 16.3. The summed E-state index contributed by atoms with van der Waals surface area (Å²) in [5.41, 5.74) is 1.98. The summed E-state index contributed by atoms with van der Waals surface area (Å²) in [7, 11) is 0. The van der Waals surface area contributed by atoms with Gasteiger partial charge in [-0.25, -0.2) is 0 Å². The fourth-order valence-corrected chi connectivity index (χ4v) is 2.32. The highest BCUT2D eigenvalue weighted by atomic mass is 16.6. The Morgan fingerprint density at radius 2 is 1.45 bits per heavy atom. The van der Waals surface area contributed by atoms with Crippen LogP contribution in [0.5, 0.6) is 11.5 Å². The molecule has 3 N–H and O–H groups in total. The summed E-state index contributed by atoms with van der Waals surface area (Å²) in [6, 6.07) is 14.7. The van der Waals surface area contributed by atoms with E-state index in [0.717, 1.165) is 11.1 Å². The van der Waals surface area contributed by atoms with E-state index in [4.69, 9.17) is 9.84 Å². The minimum atomic E-state index is -0.999. The average molecular weight is 302 g/mol. The number of rotatable bonds is 6. The molecule has 0 saturated heterocycles. The van der Waals surface area contributed by atoms with Crippen LogP contribution in [0, 0.1) is 0 Å². The van der Waals surface area contributed by atoms with Gasteiger partial charge in [-0.05, 0) is 35.4 Å². The number of phenolic OH excluding ortho intramolecular Hbond substituents is 1. The molecule has 0 spiro atoms. The Morgan fingerprint density at radius 1 is 0.955 bits per heavy atom. The van der Waals surface area contributed by atoms with Gasteiger partial charge in [0.2, 0.25) is 0 Å². The smallest absolute Gasteiger partial charge is 0.199 e. The Balaban J connectivity index is 2.16. The number of hydrogen-bond acceptors (Lipinski definition) is 4. The van der Waals surface area contributed by atoms with Crippen molar-refractivity contribution in [3.05, 3.63) is 59.7 Å². The van der Waals surface area contributed by atoms with Gasteiger partial charge in [-0.1, -0.05) is 38.1 Å². The van der Waals surface area contributed by atoms with Gasteiger partial charge in [0.25, 0.3) is 0 Å². The largest absolute Gasteiger partial charge is 0.508 e. The molecule has 2 rings (SSSR count). The van der Waals surface area contributed by atoms with Crippen LogP contribution in [0.1, 0.15) is 31.4 Å². The Kier molecular flexibility index (Phi) is 5.06. The molecule has 1 unspecified atom stereocenters. The number of benzene rings is 2. The van der Waals surface area contributed by atoms with Gasteiger partial charge >= 0.3 is 0 Å². The fraction of sp³-hybridized carbons (Fsp3) is 0.333. The molecule has 22 heavy (non-hydrogen) atoms. The van der Waals surface area contributed by atoms with Crippen LogP contribution in [0.15, 0.2) is 48.5 Å². The SMILES string of the molecule is CC(C)(c1ccc(O)cc1)c1ccc(OC(O)CCO)cc1. The minimum absolute atomic E-state index is 0.118. The number of aliphatic hydroxyl groups is 2. The lowest BCUT2D eigenvalue weighted by Crippen LogP contribution is -2.19. The van der Waals surface area contributed by atoms with Crippen molar-refractivity contribution in [2.75, 3.05) is 6.61 Å². The van der Waals surface area contributed by atoms with E-state index in [0.29, 0.717) is 5.75 Å². The van der Waals surface area contributed by atoms with Crippen LogP contribution in [-0.4, -0.2) is 28.2 Å².